The molecule has 90 valence electrons. The second-order valence-corrected chi connectivity index (χ2v) is 3.77. The molecule has 0 unspecified atom stereocenters. The van der Waals surface area contributed by atoms with Gasteiger partial charge in [-0.25, -0.2) is 4.98 Å². The average Bonchev–Trinajstić information content (AvgIpc) is 2.32. The summed E-state index contributed by atoms with van der Waals surface area (Å²) in [6, 6.07) is 1.81. The van der Waals surface area contributed by atoms with Gasteiger partial charge in [0, 0.05) is 32.0 Å². The van der Waals surface area contributed by atoms with Gasteiger partial charge in [0.25, 0.3) is 0 Å². The number of hydrogen-bond acceptors (Lipinski definition) is 4. The Morgan fingerprint density at radius 1 is 1.56 bits per heavy atom. The Bertz CT molecular complexity index is 334. The first-order valence-corrected chi connectivity index (χ1v) is 5.59. The number of aliphatic hydroxyl groups is 1. The number of hydrogen-bond donors (Lipinski definition) is 1. The van der Waals surface area contributed by atoms with Crippen molar-refractivity contribution in [1.82, 2.24) is 4.98 Å². The molecule has 0 atom stereocenters. The lowest BCUT2D eigenvalue weighted by molar-refractivity contribution is 0.205. The molecule has 4 nitrogen and oxygen atoms in total. The van der Waals surface area contributed by atoms with Gasteiger partial charge < -0.3 is 14.7 Å². The highest BCUT2D eigenvalue weighted by Crippen LogP contribution is 2.20. The second kappa shape index (κ2) is 6.68. The standard InChI is InChI=1S/C11H17ClN2O2/c1-3-14(4-5-16-2)11-6-9(8-15)10(12)7-13-11/h6-7,15H,3-5,8H2,1-2H3. The molecule has 1 heterocycles. The summed E-state index contributed by atoms with van der Waals surface area (Å²) < 4.78 is 5.03. The predicted octanol–water partition coefficient (Wildman–Crippen LogP) is 1.70. The van der Waals surface area contributed by atoms with Crippen LogP contribution in [0.1, 0.15) is 12.5 Å². The van der Waals surface area contributed by atoms with Gasteiger partial charge in [0.05, 0.1) is 18.2 Å². The van der Waals surface area contributed by atoms with Crippen LogP contribution in [-0.2, 0) is 11.3 Å². The summed E-state index contributed by atoms with van der Waals surface area (Å²) in [6.07, 6.45) is 1.57. The summed E-state index contributed by atoms with van der Waals surface area (Å²) in [4.78, 5) is 6.31. The van der Waals surface area contributed by atoms with E-state index in [9.17, 15) is 0 Å². The average molecular weight is 245 g/mol. The van der Waals surface area contributed by atoms with Crippen LogP contribution < -0.4 is 4.90 Å². The molecule has 1 aromatic heterocycles. The monoisotopic (exact) mass is 244 g/mol. The van der Waals surface area contributed by atoms with E-state index in [2.05, 4.69) is 9.88 Å². The Hall–Kier alpha value is -0.840. The molecule has 0 radical (unpaired) electrons. The fourth-order valence-electron chi connectivity index (χ4n) is 1.40. The van der Waals surface area contributed by atoms with Gasteiger partial charge in [-0.2, -0.15) is 0 Å². The van der Waals surface area contributed by atoms with Gasteiger partial charge >= 0.3 is 0 Å². The predicted molar refractivity (Wildman–Crippen MR) is 64.9 cm³/mol. The minimum atomic E-state index is -0.0732. The van der Waals surface area contributed by atoms with Gasteiger partial charge in [0.15, 0.2) is 0 Å². The molecule has 0 bridgehead atoms. The number of methoxy groups -OCH3 is 1. The smallest absolute Gasteiger partial charge is 0.129 e. The maximum absolute atomic E-state index is 9.12. The zero-order chi connectivity index (χ0) is 12.0. The van der Waals surface area contributed by atoms with Crippen LogP contribution in [0.25, 0.3) is 0 Å². The zero-order valence-corrected chi connectivity index (χ0v) is 10.4. The molecule has 0 spiro atoms. The van der Waals surface area contributed by atoms with E-state index in [4.69, 9.17) is 21.4 Å². The topological polar surface area (TPSA) is 45.6 Å². The molecule has 1 N–H and O–H groups in total. The Morgan fingerprint density at radius 2 is 2.31 bits per heavy atom. The largest absolute Gasteiger partial charge is 0.392 e. The second-order valence-electron chi connectivity index (χ2n) is 3.36. The van der Waals surface area contributed by atoms with E-state index < -0.39 is 0 Å². The van der Waals surface area contributed by atoms with Crippen LogP contribution in [0.4, 0.5) is 5.82 Å². The number of rotatable bonds is 6. The lowest BCUT2D eigenvalue weighted by atomic mass is 10.2. The van der Waals surface area contributed by atoms with Crippen molar-refractivity contribution < 1.29 is 9.84 Å². The molecular formula is C11H17ClN2O2. The quantitative estimate of drug-likeness (QED) is 0.828. The number of pyridine rings is 1. The van der Waals surface area contributed by atoms with Gasteiger partial charge in [-0.15, -0.1) is 0 Å². The third-order valence-corrected chi connectivity index (χ3v) is 2.70. The SMILES string of the molecule is CCN(CCOC)c1cc(CO)c(Cl)cn1. The highest BCUT2D eigenvalue weighted by molar-refractivity contribution is 6.31. The Balaban J connectivity index is 2.83. The molecule has 0 aliphatic carbocycles. The highest BCUT2D eigenvalue weighted by atomic mass is 35.5. The summed E-state index contributed by atoms with van der Waals surface area (Å²) in [7, 11) is 1.67. The van der Waals surface area contributed by atoms with Crippen molar-refractivity contribution in [2.75, 3.05) is 31.7 Å². The zero-order valence-electron chi connectivity index (χ0n) is 9.61. The van der Waals surface area contributed by atoms with E-state index in [1.807, 2.05) is 13.0 Å². The summed E-state index contributed by atoms with van der Waals surface area (Å²) in [6.45, 7) is 4.22. The first-order valence-electron chi connectivity index (χ1n) is 5.22. The van der Waals surface area contributed by atoms with Crippen LogP contribution in [0.2, 0.25) is 5.02 Å². The maximum Gasteiger partial charge on any atom is 0.129 e. The van der Waals surface area contributed by atoms with E-state index in [0.717, 1.165) is 18.9 Å². The maximum atomic E-state index is 9.12. The molecule has 0 amide bonds. The number of anilines is 1. The molecule has 5 heteroatoms. The number of halogens is 1. The minimum Gasteiger partial charge on any atom is -0.392 e. The molecule has 1 aromatic rings. The summed E-state index contributed by atoms with van der Waals surface area (Å²) in [5.74, 6) is 0.813. The van der Waals surface area contributed by atoms with Gasteiger partial charge in [0.1, 0.15) is 5.82 Å². The molecule has 1 rings (SSSR count). The van der Waals surface area contributed by atoms with E-state index in [-0.39, 0.29) is 6.61 Å². The van der Waals surface area contributed by atoms with Crippen LogP contribution >= 0.6 is 11.6 Å². The highest BCUT2D eigenvalue weighted by Gasteiger charge is 2.08. The van der Waals surface area contributed by atoms with Crippen LogP contribution in [0.5, 0.6) is 0 Å². The van der Waals surface area contributed by atoms with Gasteiger partial charge in [-0.1, -0.05) is 11.6 Å². The summed E-state index contributed by atoms with van der Waals surface area (Å²) >= 11 is 5.88. The molecular weight excluding hydrogens is 228 g/mol. The lowest BCUT2D eigenvalue weighted by Gasteiger charge is -2.22. The fraction of sp³-hybridized carbons (Fsp3) is 0.545. The number of ether oxygens (including phenoxy) is 1. The first-order chi connectivity index (χ1) is 7.72. The number of aliphatic hydroxyl groups excluding tert-OH is 1. The van der Waals surface area contributed by atoms with Crippen molar-refractivity contribution in [2.24, 2.45) is 0 Å². The fourth-order valence-corrected chi connectivity index (χ4v) is 1.56. The van der Waals surface area contributed by atoms with E-state index in [0.29, 0.717) is 17.2 Å². The van der Waals surface area contributed by atoms with Crippen molar-refractivity contribution in [3.8, 4) is 0 Å². The van der Waals surface area contributed by atoms with Crippen molar-refractivity contribution in [2.45, 2.75) is 13.5 Å². The Morgan fingerprint density at radius 3 is 2.88 bits per heavy atom. The molecule has 0 saturated carbocycles. The number of aromatic nitrogens is 1. The molecule has 0 aliphatic rings. The Labute approximate surface area is 101 Å². The van der Waals surface area contributed by atoms with E-state index in [1.165, 1.54) is 0 Å². The Kier molecular flexibility index (Phi) is 5.52. The van der Waals surface area contributed by atoms with Crippen molar-refractivity contribution in [1.29, 1.82) is 0 Å². The van der Waals surface area contributed by atoms with Crippen LogP contribution in [0, 0.1) is 0 Å². The molecule has 0 fully saturated rings. The number of likely N-dealkylation sites (N-methyl/N-ethyl adjacent to an activating group) is 1. The van der Waals surface area contributed by atoms with Crippen molar-refractivity contribution in [3.63, 3.8) is 0 Å². The molecule has 16 heavy (non-hydrogen) atoms. The van der Waals surface area contributed by atoms with E-state index >= 15 is 0 Å². The normalized spacial score (nSPS) is 10.5. The summed E-state index contributed by atoms with van der Waals surface area (Å²) in [5.41, 5.74) is 0.697. The van der Waals surface area contributed by atoms with Crippen molar-refractivity contribution in [3.05, 3.63) is 22.8 Å². The van der Waals surface area contributed by atoms with Crippen molar-refractivity contribution >= 4 is 17.4 Å². The first kappa shape index (κ1) is 13.2. The van der Waals surface area contributed by atoms with Crippen LogP contribution in [0.3, 0.4) is 0 Å². The van der Waals surface area contributed by atoms with Gasteiger partial charge in [-0.05, 0) is 13.0 Å². The molecule has 0 aromatic carbocycles. The van der Waals surface area contributed by atoms with Gasteiger partial charge in [-0.3, -0.25) is 0 Å². The third kappa shape index (κ3) is 3.33. The summed E-state index contributed by atoms with van der Waals surface area (Å²) in [5, 5.41) is 9.61. The minimum absolute atomic E-state index is 0.0732. The number of nitrogens with zero attached hydrogens (tertiary/aromatic N) is 2. The molecule has 0 aliphatic heterocycles. The van der Waals surface area contributed by atoms with E-state index in [1.54, 1.807) is 13.3 Å². The van der Waals surface area contributed by atoms with Crippen LogP contribution in [-0.4, -0.2) is 36.9 Å². The molecule has 0 saturated heterocycles. The third-order valence-electron chi connectivity index (χ3n) is 2.36. The lowest BCUT2D eigenvalue weighted by Crippen LogP contribution is -2.27. The van der Waals surface area contributed by atoms with Crippen LogP contribution in [0.15, 0.2) is 12.3 Å². The van der Waals surface area contributed by atoms with Gasteiger partial charge in [0.2, 0.25) is 0 Å².